The van der Waals surface area contributed by atoms with Crippen LogP contribution in [-0.2, 0) is 11.3 Å². The van der Waals surface area contributed by atoms with Crippen LogP contribution >= 0.6 is 23.2 Å². The zero-order chi connectivity index (χ0) is 15.4. The number of carboxylic acid groups (broad SMARTS) is 1. The van der Waals surface area contributed by atoms with Crippen molar-refractivity contribution in [1.82, 2.24) is 9.78 Å². The van der Waals surface area contributed by atoms with Crippen LogP contribution in [0.3, 0.4) is 0 Å². The van der Waals surface area contributed by atoms with Crippen molar-refractivity contribution in [2.75, 3.05) is 5.32 Å². The van der Waals surface area contributed by atoms with Gasteiger partial charge in [0.2, 0.25) is 0 Å². The summed E-state index contributed by atoms with van der Waals surface area (Å²) < 4.78 is 1.40. The van der Waals surface area contributed by atoms with Gasteiger partial charge in [-0.2, -0.15) is 5.10 Å². The molecule has 0 fully saturated rings. The van der Waals surface area contributed by atoms with Crippen LogP contribution in [0.1, 0.15) is 16.9 Å². The summed E-state index contributed by atoms with van der Waals surface area (Å²) in [7, 11) is 0. The van der Waals surface area contributed by atoms with Gasteiger partial charge in [-0.15, -0.1) is 0 Å². The van der Waals surface area contributed by atoms with Crippen LogP contribution in [0.5, 0.6) is 0 Å². The molecule has 110 valence electrons. The number of rotatable bonds is 5. The minimum atomic E-state index is -0.926. The molecule has 2 rings (SSSR count). The van der Waals surface area contributed by atoms with Gasteiger partial charge in [0.15, 0.2) is 5.69 Å². The summed E-state index contributed by atoms with van der Waals surface area (Å²) in [6, 6.07) is 6.21. The fourth-order valence-corrected chi connectivity index (χ4v) is 2.05. The minimum absolute atomic E-state index is 0.0637. The number of carboxylic acids is 1. The Morgan fingerprint density at radius 3 is 2.71 bits per heavy atom. The third kappa shape index (κ3) is 4.21. The van der Waals surface area contributed by atoms with E-state index in [-0.39, 0.29) is 18.7 Å². The Morgan fingerprint density at radius 1 is 1.29 bits per heavy atom. The second kappa shape index (κ2) is 6.60. The van der Waals surface area contributed by atoms with Crippen LogP contribution in [0.15, 0.2) is 30.5 Å². The predicted octanol–water partition coefficient (Wildman–Crippen LogP) is 2.92. The van der Waals surface area contributed by atoms with Gasteiger partial charge in [-0.25, -0.2) is 0 Å². The molecule has 0 unspecified atom stereocenters. The Balaban J connectivity index is 2.05. The van der Waals surface area contributed by atoms with Crippen molar-refractivity contribution < 1.29 is 14.7 Å². The number of halogens is 2. The van der Waals surface area contributed by atoms with E-state index in [1.54, 1.807) is 18.3 Å². The third-order valence-electron chi connectivity index (χ3n) is 2.61. The average molecular weight is 328 g/mol. The Kier molecular flexibility index (Phi) is 4.82. The zero-order valence-corrected chi connectivity index (χ0v) is 12.2. The lowest BCUT2D eigenvalue weighted by atomic mass is 10.3. The summed E-state index contributed by atoms with van der Waals surface area (Å²) in [5, 5.41) is 16.0. The molecular formula is C13H11Cl2N3O3. The number of nitrogens with one attached hydrogen (secondary N) is 1. The van der Waals surface area contributed by atoms with Gasteiger partial charge in [0, 0.05) is 11.2 Å². The van der Waals surface area contributed by atoms with Crippen molar-refractivity contribution in [2.45, 2.75) is 13.0 Å². The molecule has 0 aliphatic rings. The molecule has 2 aromatic rings. The van der Waals surface area contributed by atoms with E-state index in [2.05, 4.69) is 10.4 Å². The molecule has 0 saturated carbocycles. The number of nitrogens with zero attached hydrogens (tertiary/aromatic N) is 2. The van der Waals surface area contributed by atoms with E-state index < -0.39 is 11.9 Å². The number of carbonyl (C=O) groups is 2. The van der Waals surface area contributed by atoms with Gasteiger partial charge in [0.25, 0.3) is 5.91 Å². The Morgan fingerprint density at radius 2 is 2.05 bits per heavy atom. The van der Waals surface area contributed by atoms with Crippen molar-refractivity contribution >= 4 is 40.8 Å². The molecule has 1 aromatic heterocycles. The fourth-order valence-electron chi connectivity index (χ4n) is 1.59. The standard InChI is InChI=1S/C13H11Cl2N3O3/c14-8-1-2-10(9(15)7-8)16-13(21)11-3-5-18(17-11)6-4-12(19)20/h1-3,5,7H,4,6H2,(H,16,21)(H,19,20). The lowest BCUT2D eigenvalue weighted by molar-refractivity contribution is -0.137. The molecule has 0 bridgehead atoms. The van der Waals surface area contributed by atoms with Gasteiger partial charge in [0.1, 0.15) is 0 Å². The van der Waals surface area contributed by atoms with E-state index in [0.717, 1.165) is 0 Å². The topological polar surface area (TPSA) is 84.2 Å². The maximum absolute atomic E-state index is 12.0. The van der Waals surface area contributed by atoms with Crippen LogP contribution in [0, 0.1) is 0 Å². The van der Waals surface area contributed by atoms with Crippen molar-refractivity contribution in [3.8, 4) is 0 Å². The third-order valence-corrected chi connectivity index (χ3v) is 3.16. The number of aliphatic carboxylic acids is 1. The molecule has 21 heavy (non-hydrogen) atoms. The van der Waals surface area contributed by atoms with Crippen molar-refractivity contribution in [1.29, 1.82) is 0 Å². The first-order valence-electron chi connectivity index (χ1n) is 5.97. The van der Waals surface area contributed by atoms with E-state index in [1.807, 2.05) is 0 Å². The number of anilines is 1. The molecule has 0 aliphatic heterocycles. The number of aryl methyl sites for hydroxylation is 1. The first kappa shape index (κ1) is 15.3. The lowest BCUT2D eigenvalue weighted by Crippen LogP contribution is -2.14. The number of carbonyl (C=O) groups excluding carboxylic acids is 1. The summed E-state index contributed by atoms with van der Waals surface area (Å²) in [4.78, 5) is 22.5. The van der Waals surface area contributed by atoms with Gasteiger partial charge in [0.05, 0.1) is 23.7 Å². The average Bonchev–Trinajstić information content (AvgIpc) is 2.88. The normalized spacial score (nSPS) is 10.4. The molecule has 0 aliphatic carbocycles. The van der Waals surface area contributed by atoms with E-state index >= 15 is 0 Å². The van der Waals surface area contributed by atoms with E-state index in [0.29, 0.717) is 15.7 Å². The van der Waals surface area contributed by atoms with Crippen molar-refractivity contribution in [3.63, 3.8) is 0 Å². The number of benzene rings is 1. The number of hydrogen-bond donors (Lipinski definition) is 2. The Bertz CT molecular complexity index is 685. The molecule has 0 spiro atoms. The molecule has 0 radical (unpaired) electrons. The zero-order valence-electron chi connectivity index (χ0n) is 10.7. The summed E-state index contributed by atoms with van der Waals surface area (Å²) in [5.41, 5.74) is 0.595. The Labute approximate surface area is 130 Å². The molecular weight excluding hydrogens is 317 g/mol. The highest BCUT2D eigenvalue weighted by Gasteiger charge is 2.12. The highest BCUT2D eigenvalue weighted by molar-refractivity contribution is 6.36. The first-order valence-corrected chi connectivity index (χ1v) is 6.73. The van der Waals surface area contributed by atoms with Crippen molar-refractivity contribution in [3.05, 3.63) is 46.2 Å². The fraction of sp³-hybridized carbons (Fsp3) is 0.154. The quantitative estimate of drug-likeness (QED) is 0.884. The van der Waals surface area contributed by atoms with Crippen LogP contribution in [-0.4, -0.2) is 26.8 Å². The first-order chi connectivity index (χ1) is 9.95. The SMILES string of the molecule is O=C(O)CCn1ccc(C(=O)Nc2ccc(Cl)cc2Cl)n1. The van der Waals surface area contributed by atoms with Crippen LogP contribution in [0.2, 0.25) is 10.0 Å². The van der Waals surface area contributed by atoms with Crippen LogP contribution in [0.25, 0.3) is 0 Å². The molecule has 1 heterocycles. The molecule has 2 N–H and O–H groups in total. The summed E-state index contributed by atoms with van der Waals surface area (Å²) in [5.74, 6) is -1.36. The van der Waals surface area contributed by atoms with E-state index in [4.69, 9.17) is 28.3 Å². The van der Waals surface area contributed by atoms with Crippen LogP contribution in [0.4, 0.5) is 5.69 Å². The molecule has 0 atom stereocenters. The number of aromatic nitrogens is 2. The second-order valence-corrected chi connectivity index (χ2v) is 5.03. The van der Waals surface area contributed by atoms with Gasteiger partial charge in [-0.3, -0.25) is 14.3 Å². The number of hydrogen-bond acceptors (Lipinski definition) is 3. The monoisotopic (exact) mass is 327 g/mol. The van der Waals surface area contributed by atoms with Gasteiger partial charge in [-0.05, 0) is 24.3 Å². The second-order valence-electron chi connectivity index (χ2n) is 4.19. The maximum atomic E-state index is 12.0. The van der Waals surface area contributed by atoms with Gasteiger partial charge < -0.3 is 10.4 Å². The summed E-state index contributed by atoms with van der Waals surface area (Å²) >= 11 is 11.7. The van der Waals surface area contributed by atoms with E-state index in [9.17, 15) is 9.59 Å². The largest absolute Gasteiger partial charge is 0.481 e. The van der Waals surface area contributed by atoms with Crippen LogP contribution < -0.4 is 5.32 Å². The molecule has 1 aromatic carbocycles. The Hall–Kier alpha value is -2.05. The van der Waals surface area contributed by atoms with Gasteiger partial charge in [-0.1, -0.05) is 23.2 Å². The van der Waals surface area contributed by atoms with Gasteiger partial charge >= 0.3 is 5.97 Å². The highest BCUT2D eigenvalue weighted by atomic mass is 35.5. The molecule has 0 saturated heterocycles. The minimum Gasteiger partial charge on any atom is -0.481 e. The predicted molar refractivity (Wildman–Crippen MR) is 78.9 cm³/mol. The highest BCUT2D eigenvalue weighted by Crippen LogP contribution is 2.25. The maximum Gasteiger partial charge on any atom is 0.305 e. The molecule has 6 nitrogen and oxygen atoms in total. The smallest absolute Gasteiger partial charge is 0.305 e. The van der Waals surface area contributed by atoms with Crippen molar-refractivity contribution in [2.24, 2.45) is 0 Å². The van der Waals surface area contributed by atoms with E-state index in [1.165, 1.54) is 16.8 Å². The lowest BCUT2D eigenvalue weighted by Gasteiger charge is -2.05. The summed E-state index contributed by atoms with van der Waals surface area (Å²) in [6.45, 7) is 0.199. The number of amides is 1. The summed E-state index contributed by atoms with van der Waals surface area (Å²) in [6.07, 6.45) is 1.48. The molecule has 1 amide bonds. The molecule has 8 heteroatoms.